The number of carbonyl (C=O) groups excluding carboxylic acids is 1. The number of nitrogens with zero attached hydrogens (tertiary/aromatic N) is 2. The molecule has 0 aliphatic heterocycles. The van der Waals surface area contributed by atoms with Crippen molar-refractivity contribution in [3.63, 3.8) is 0 Å². The van der Waals surface area contributed by atoms with Gasteiger partial charge in [0.1, 0.15) is 5.56 Å². The highest BCUT2D eigenvalue weighted by atomic mass is 16.5. The summed E-state index contributed by atoms with van der Waals surface area (Å²) in [5.41, 5.74) is 4.03. The van der Waals surface area contributed by atoms with Gasteiger partial charge in [-0.15, -0.1) is 0 Å². The maximum atomic E-state index is 12.7. The Hall–Kier alpha value is -2.10. The first kappa shape index (κ1) is 13.3. The number of aromatic nitrogens is 2. The minimum absolute atomic E-state index is 0.0417. The molecule has 1 aromatic carbocycles. The molecule has 2 aromatic rings. The number of rotatable bonds is 3. The molecule has 0 saturated carbocycles. The summed E-state index contributed by atoms with van der Waals surface area (Å²) in [7, 11) is 3.32. The highest BCUT2D eigenvalue weighted by Crippen LogP contribution is 2.25. The van der Waals surface area contributed by atoms with Crippen LogP contribution < -0.4 is 4.74 Å². The van der Waals surface area contributed by atoms with Gasteiger partial charge >= 0.3 is 0 Å². The average molecular weight is 258 g/mol. The van der Waals surface area contributed by atoms with Gasteiger partial charge in [0, 0.05) is 12.6 Å². The molecule has 0 N–H and O–H groups in total. The monoisotopic (exact) mass is 258 g/mol. The maximum Gasteiger partial charge on any atom is 0.223 e. The number of hydrogen-bond acceptors (Lipinski definition) is 3. The van der Waals surface area contributed by atoms with Crippen LogP contribution in [0.5, 0.6) is 5.88 Å². The summed E-state index contributed by atoms with van der Waals surface area (Å²) in [6.45, 7) is 5.77. The van der Waals surface area contributed by atoms with Crippen molar-refractivity contribution in [1.29, 1.82) is 0 Å². The van der Waals surface area contributed by atoms with Crippen LogP contribution in [0.15, 0.2) is 18.2 Å². The van der Waals surface area contributed by atoms with Crippen molar-refractivity contribution in [3.05, 3.63) is 46.1 Å². The lowest BCUT2D eigenvalue weighted by Crippen LogP contribution is -2.07. The molecular weight excluding hydrogens is 240 g/mol. The number of benzene rings is 1. The van der Waals surface area contributed by atoms with E-state index in [2.05, 4.69) is 5.10 Å². The molecule has 0 spiro atoms. The SMILES string of the molecule is COc1c(C(=O)c2ccc(C)cc2C)c(C)nn1C. The third-order valence-electron chi connectivity index (χ3n) is 3.22. The fourth-order valence-electron chi connectivity index (χ4n) is 2.34. The Morgan fingerprint density at radius 3 is 2.53 bits per heavy atom. The van der Waals surface area contributed by atoms with Gasteiger partial charge in [-0.05, 0) is 26.3 Å². The molecule has 0 aliphatic rings. The van der Waals surface area contributed by atoms with E-state index < -0.39 is 0 Å². The predicted octanol–water partition coefficient (Wildman–Crippen LogP) is 2.58. The van der Waals surface area contributed by atoms with E-state index in [1.807, 2.05) is 39.0 Å². The molecule has 0 radical (unpaired) electrons. The standard InChI is InChI=1S/C15H18N2O2/c1-9-6-7-12(10(2)8-9)14(18)13-11(3)16-17(4)15(13)19-5/h6-8H,1-5H3. The molecule has 1 heterocycles. The van der Waals surface area contributed by atoms with Gasteiger partial charge in [-0.25, -0.2) is 4.68 Å². The van der Waals surface area contributed by atoms with Crippen molar-refractivity contribution in [3.8, 4) is 5.88 Å². The zero-order valence-electron chi connectivity index (χ0n) is 11.9. The zero-order chi connectivity index (χ0) is 14.2. The van der Waals surface area contributed by atoms with Gasteiger partial charge < -0.3 is 4.74 Å². The van der Waals surface area contributed by atoms with Gasteiger partial charge in [-0.1, -0.05) is 23.8 Å². The van der Waals surface area contributed by atoms with Gasteiger partial charge in [0.25, 0.3) is 0 Å². The molecule has 0 saturated heterocycles. The van der Waals surface area contributed by atoms with E-state index in [1.54, 1.807) is 18.8 Å². The molecule has 19 heavy (non-hydrogen) atoms. The van der Waals surface area contributed by atoms with Crippen LogP contribution in [0.3, 0.4) is 0 Å². The van der Waals surface area contributed by atoms with E-state index in [4.69, 9.17) is 4.74 Å². The third kappa shape index (κ3) is 2.26. The third-order valence-corrected chi connectivity index (χ3v) is 3.22. The summed E-state index contributed by atoms with van der Waals surface area (Å²) in [6, 6.07) is 5.81. The molecule has 100 valence electrons. The number of hydrogen-bond donors (Lipinski definition) is 0. The van der Waals surface area contributed by atoms with Crippen molar-refractivity contribution in [2.75, 3.05) is 7.11 Å². The van der Waals surface area contributed by atoms with Crippen molar-refractivity contribution in [2.45, 2.75) is 20.8 Å². The van der Waals surface area contributed by atoms with Crippen LogP contribution in [0, 0.1) is 20.8 Å². The normalized spacial score (nSPS) is 10.6. The first-order valence-electron chi connectivity index (χ1n) is 6.15. The molecule has 0 unspecified atom stereocenters. The van der Waals surface area contributed by atoms with Crippen molar-refractivity contribution in [2.24, 2.45) is 7.05 Å². The van der Waals surface area contributed by atoms with Crippen LogP contribution in [0.25, 0.3) is 0 Å². The smallest absolute Gasteiger partial charge is 0.223 e. The molecule has 0 atom stereocenters. The topological polar surface area (TPSA) is 44.1 Å². The van der Waals surface area contributed by atoms with E-state index in [0.717, 1.165) is 11.1 Å². The molecule has 0 fully saturated rings. The Labute approximate surface area is 113 Å². The van der Waals surface area contributed by atoms with Gasteiger partial charge in [0.05, 0.1) is 12.8 Å². The van der Waals surface area contributed by atoms with Gasteiger partial charge in [-0.2, -0.15) is 5.10 Å². The number of aryl methyl sites for hydroxylation is 4. The molecule has 0 aliphatic carbocycles. The van der Waals surface area contributed by atoms with Crippen LogP contribution in [0.1, 0.15) is 32.7 Å². The second-order valence-corrected chi connectivity index (χ2v) is 4.74. The molecule has 0 bridgehead atoms. The van der Waals surface area contributed by atoms with Crippen molar-refractivity contribution in [1.82, 2.24) is 9.78 Å². The summed E-state index contributed by atoms with van der Waals surface area (Å²) in [6.07, 6.45) is 0. The number of carbonyl (C=O) groups is 1. The maximum absolute atomic E-state index is 12.7. The quantitative estimate of drug-likeness (QED) is 0.795. The summed E-state index contributed by atoms with van der Waals surface area (Å²) in [5, 5.41) is 4.25. The van der Waals surface area contributed by atoms with E-state index in [-0.39, 0.29) is 5.78 Å². The highest BCUT2D eigenvalue weighted by molar-refractivity contribution is 6.12. The summed E-state index contributed by atoms with van der Waals surface area (Å²) >= 11 is 0. The molecule has 0 amide bonds. The first-order valence-corrected chi connectivity index (χ1v) is 6.15. The minimum atomic E-state index is -0.0417. The molecule has 4 nitrogen and oxygen atoms in total. The Morgan fingerprint density at radius 1 is 1.26 bits per heavy atom. The van der Waals surface area contributed by atoms with E-state index >= 15 is 0 Å². The van der Waals surface area contributed by atoms with Gasteiger partial charge in [0.15, 0.2) is 0 Å². The molecule has 2 rings (SSSR count). The van der Waals surface area contributed by atoms with E-state index in [0.29, 0.717) is 22.7 Å². The Balaban J connectivity index is 2.56. The van der Waals surface area contributed by atoms with Crippen LogP contribution in [0.2, 0.25) is 0 Å². The number of methoxy groups -OCH3 is 1. The van der Waals surface area contributed by atoms with Gasteiger partial charge in [0.2, 0.25) is 11.7 Å². The zero-order valence-corrected chi connectivity index (χ0v) is 11.9. The lowest BCUT2D eigenvalue weighted by molar-refractivity contribution is 0.103. The Morgan fingerprint density at radius 2 is 1.95 bits per heavy atom. The second-order valence-electron chi connectivity index (χ2n) is 4.74. The van der Waals surface area contributed by atoms with E-state index in [9.17, 15) is 4.79 Å². The fourth-order valence-corrected chi connectivity index (χ4v) is 2.34. The van der Waals surface area contributed by atoms with Crippen LogP contribution in [0.4, 0.5) is 0 Å². The van der Waals surface area contributed by atoms with Crippen LogP contribution in [-0.2, 0) is 7.05 Å². The molecule has 1 aromatic heterocycles. The lowest BCUT2D eigenvalue weighted by Gasteiger charge is -2.07. The van der Waals surface area contributed by atoms with Crippen LogP contribution in [-0.4, -0.2) is 22.7 Å². The minimum Gasteiger partial charge on any atom is -0.481 e. The largest absolute Gasteiger partial charge is 0.481 e. The van der Waals surface area contributed by atoms with Gasteiger partial charge in [-0.3, -0.25) is 4.79 Å². The lowest BCUT2D eigenvalue weighted by atomic mass is 9.98. The number of ether oxygens (including phenoxy) is 1. The molecular formula is C15H18N2O2. The van der Waals surface area contributed by atoms with E-state index in [1.165, 1.54) is 0 Å². The van der Waals surface area contributed by atoms with Crippen molar-refractivity contribution >= 4 is 5.78 Å². The summed E-state index contributed by atoms with van der Waals surface area (Å²) in [4.78, 5) is 12.7. The predicted molar refractivity (Wildman–Crippen MR) is 73.8 cm³/mol. The fraction of sp³-hybridized carbons (Fsp3) is 0.333. The summed E-state index contributed by atoms with van der Waals surface area (Å²) in [5.74, 6) is 0.461. The van der Waals surface area contributed by atoms with Crippen LogP contribution >= 0.6 is 0 Å². The number of ketones is 1. The average Bonchev–Trinajstić information content (AvgIpc) is 2.62. The van der Waals surface area contributed by atoms with Crippen molar-refractivity contribution < 1.29 is 9.53 Å². The highest BCUT2D eigenvalue weighted by Gasteiger charge is 2.23. The Bertz CT molecular complexity index is 642. The summed E-state index contributed by atoms with van der Waals surface area (Å²) < 4.78 is 6.87. The molecule has 4 heteroatoms. The second kappa shape index (κ2) is 4.88. The Kier molecular flexibility index (Phi) is 3.42. The first-order chi connectivity index (χ1) is 8.95.